The normalized spacial score (nSPS) is 14.8. The first kappa shape index (κ1) is 25.6. The van der Waals surface area contributed by atoms with Gasteiger partial charge in [0, 0.05) is 11.4 Å². The number of carbonyl (C=O) groups is 1. The number of hydrogen-bond acceptors (Lipinski definition) is 8. The van der Waals surface area contributed by atoms with Crippen LogP contribution in [0.15, 0.2) is 58.9 Å². The van der Waals surface area contributed by atoms with E-state index in [1.807, 2.05) is 32.0 Å². The predicted molar refractivity (Wildman–Crippen MR) is 141 cm³/mol. The zero-order valence-corrected chi connectivity index (χ0v) is 22.1. The second kappa shape index (κ2) is 11.5. The number of carbonyl (C=O) groups excluding carboxylic acids is 1. The Balaban J connectivity index is 1.71. The van der Waals surface area contributed by atoms with Gasteiger partial charge >= 0.3 is 5.97 Å². The Labute approximate surface area is 216 Å². The molecule has 3 aromatic rings. The second-order valence-electron chi connectivity index (χ2n) is 8.48. The van der Waals surface area contributed by atoms with Crippen molar-refractivity contribution in [2.75, 3.05) is 24.8 Å². The molecule has 0 saturated carbocycles. The van der Waals surface area contributed by atoms with Gasteiger partial charge in [0.05, 0.1) is 19.3 Å². The topological polar surface area (TPSA) is 87.5 Å². The van der Waals surface area contributed by atoms with Crippen LogP contribution in [0.3, 0.4) is 0 Å². The highest BCUT2D eigenvalue weighted by molar-refractivity contribution is 7.99. The molecule has 2 aromatic carbocycles. The SMILES string of the molecule is CCCSc1nc2n(n1)C(c1ccc(OCc3ccc(C)cc3)c(OCC)c1)C(C(=O)OC)=C(C)N2. The Morgan fingerprint density at radius 3 is 2.56 bits per heavy atom. The van der Waals surface area contributed by atoms with E-state index in [2.05, 4.69) is 48.4 Å². The number of nitrogens with zero attached hydrogens (tertiary/aromatic N) is 3. The molecule has 1 atom stereocenters. The molecule has 2 heterocycles. The highest BCUT2D eigenvalue weighted by Crippen LogP contribution is 2.40. The van der Waals surface area contributed by atoms with Crippen LogP contribution in [0.25, 0.3) is 0 Å². The smallest absolute Gasteiger partial charge is 0.338 e. The molecule has 8 nitrogen and oxygen atoms in total. The van der Waals surface area contributed by atoms with E-state index in [1.165, 1.54) is 12.7 Å². The maximum atomic E-state index is 12.9. The number of esters is 1. The summed E-state index contributed by atoms with van der Waals surface area (Å²) in [6.45, 7) is 8.84. The van der Waals surface area contributed by atoms with Crippen molar-refractivity contribution in [1.29, 1.82) is 0 Å². The molecule has 0 fully saturated rings. The Kier molecular flexibility index (Phi) is 8.20. The van der Waals surface area contributed by atoms with Crippen molar-refractivity contribution in [3.8, 4) is 11.5 Å². The summed E-state index contributed by atoms with van der Waals surface area (Å²) in [4.78, 5) is 17.5. The van der Waals surface area contributed by atoms with E-state index in [0.29, 0.717) is 47.1 Å². The number of ether oxygens (including phenoxy) is 3. The number of fused-ring (bicyclic) bond motifs is 1. The number of benzene rings is 2. The average molecular weight is 509 g/mol. The summed E-state index contributed by atoms with van der Waals surface area (Å²) in [5.74, 6) is 2.30. The minimum atomic E-state index is -0.525. The lowest BCUT2D eigenvalue weighted by atomic mass is 9.95. The van der Waals surface area contributed by atoms with E-state index in [-0.39, 0.29) is 0 Å². The molecule has 0 aliphatic carbocycles. The summed E-state index contributed by atoms with van der Waals surface area (Å²) in [6, 6.07) is 13.4. The zero-order chi connectivity index (χ0) is 25.7. The van der Waals surface area contributed by atoms with E-state index in [0.717, 1.165) is 23.3 Å². The summed E-state index contributed by atoms with van der Waals surface area (Å²) in [5, 5.41) is 8.59. The monoisotopic (exact) mass is 508 g/mol. The number of allylic oxidation sites excluding steroid dienone is 1. The first-order valence-electron chi connectivity index (χ1n) is 12.1. The lowest BCUT2D eigenvalue weighted by molar-refractivity contribution is -0.136. The molecule has 0 radical (unpaired) electrons. The number of thioether (sulfide) groups is 1. The average Bonchev–Trinajstić information content (AvgIpc) is 3.28. The van der Waals surface area contributed by atoms with E-state index < -0.39 is 12.0 Å². The Bertz CT molecular complexity index is 1250. The molecule has 0 amide bonds. The maximum Gasteiger partial charge on any atom is 0.338 e. The minimum absolute atomic E-state index is 0.421. The Morgan fingerprint density at radius 1 is 1.08 bits per heavy atom. The molecule has 1 aliphatic rings. The third-order valence-corrected chi connectivity index (χ3v) is 6.82. The highest BCUT2D eigenvalue weighted by atomic mass is 32.2. The van der Waals surface area contributed by atoms with Crippen LogP contribution in [0.5, 0.6) is 11.5 Å². The van der Waals surface area contributed by atoms with Crippen molar-refractivity contribution in [1.82, 2.24) is 14.8 Å². The zero-order valence-electron chi connectivity index (χ0n) is 21.3. The van der Waals surface area contributed by atoms with Gasteiger partial charge in [0.2, 0.25) is 11.1 Å². The van der Waals surface area contributed by atoms with Crippen molar-refractivity contribution in [2.45, 2.75) is 51.9 Å². The lowest BCUT2D eigenvalue weighted by Gasteiger charge is -2.28. The van der Waals surface area contributed by atoms with E-state index in [9.17, 15) is 4.79 Å². The number of aromatic nitrogens is 3. The van der Waals surface area contributed by atoms with Crippen LogP contribution in [0.4, 0.5) is 5.95 Å². The number of methoxy groups -OCH3 is 1. The Hall–Kier alpha value is -3.46. The van der Waals surface area contributed by atoms with Gasteiger partial charge in [-0.25, -0.2) is 9.48 Å². The van der Waals surface area contributed by atoms with Crippen molar-refractivity contribution in [3.05, 3.63) is 70.4 Å². The fourth-order valence-corrected chi connectivity index (χ4v) is 4.68. The standard InChI is InChI=1S/C27H32N4O4S/c1-6-14-36-27-29-26-28-18(4)23(25(32)33-5)24(31(26)30-27)20-12-13-21(22(15-20)34-7-2)35-16-19-10-8-17(3)9-11-19/h8-13,15,24H,6-7,14,16H2,1-5H3,(H,28,29,30). The van der Waals surface area contributed by atoms with Gasteiger partial charge in [-0.15, -0.1) is 5.10 Å². The van der Waals surface area contributed by atoms with E-state index >= 15 is 0 Å². The lowest BCUT2D eigenvalue weighted by Crippen LogP contribution is -2.29. The van der Waals surface area contributed by atoms with E-state index in [1.54, 1.807) is 16.4 Å². The van der Waals surface area contributed by atoms with Gasteiger partial charge in [0.25, 0.3) is 0 Å². The van der Waals surface area contributed by atoms with Gasteiger partial charge in [0.15, 0.2) is 11.5 Å². The van der Waals surface area contributed by atoms with Crippen LogP contribution < -0.4 is 14.8 Å². The summed E-state index contributed by atoms with van der Waals surface area (Å²) in [6.07, 6.45) is 1.01. The molecular formula is C27H32N4O4S. The van der Waals surface area contributed by atoms with Crippen molar-refractivity contribution >= 4 is 23.7 Å². The summed E-state index contributed by atoms with van der Waals surface area (Å²) >= 11 is 1.58. The molecule has 190 valence electrons. The molecule has 1 aliphatic heterocycles. The summed E-state index contributed by atoms with van der Waals surface area (Å²) in [5.41, 5.74) is 4.24. The van der Waals surface area contributed by atoms with E-state index in [4.69, 9.17) is 19.3 Å². The maximum absolute atomic E-state index is 12.9. The third-order valence-electron chi connectivity index (χ3n) is 5.77. The predicted octanol–water partition coefficient (Wildman–Crippen LogP) is 5.53. The minimum Gasteiger partial charge on any atom is -0.490 e. The highest BCUT2D eigenvalue weighted by Gasteiger charge is 2.35. The fourth-order valence-electron chi connectivity index (χ4n) is 4.00. The van der Waals surface area contributed by atoms with Crippen LogP contribution >= 0.6 is 11.8 Å². The van der Waals surface area contributed by atoms with Gasteiger partial charge in [-0.3, -0.25) is 0 Å². The number of anilines is 1. The van der Waals surface area contributed by atoms with Gasteiger partial charge in [-0.05, 0) is 50.5 Å². The molecule has 0 bridgehead atoms. The molecular weight excluding hydrogens is 476 g/mol. The molecule has 1 unspecified atom stereocenters. The molecule has 0 saturated heterocycles. The number of hydrogen-bond donors (Lipinski definition) is 1. The molecule has 4 rings (SSSR count). The van der Waals surface area contributed by atoms with Gasteiger partial charge in [0.1, 0.15) is 12.6 Å². The van der Waals surface area contributed by atoms with Gasteiger partial charge < -0.3 is 19.5 Å². The first-order valence-corrected chi connectivity index (χ1v) is 13.0. The number of rotatable bonds is 10. The van der Waals surface area contributed by atoms with Crippen molar-refractivity contribution < 1.29 is 19.0 Å². The molecule has 36 heavy (non-hydrogen) atoms. The first-order chi connectivity index (χ1) is 17.4. The third kappa shape index (κ3) is 5.51. The molecule has 9 heteroatoms. The van der Waals surface area contributed by atoms with Crippen molar-refractivity contribution in [3.63, 3.8) is 0 Å². The Morgan fingerprint density at radius 2 is 1.86 bits per heavy atom. The molecule has 1 aromatic heterocycles. The molecule has 0 spiro atoms. The molecule has 1 N–H and O–H groups in total. The largest absolute Gasteiger partial charge is 0.490 e. The van der Waals surface area contributed by atoms with Crippen molar-refractivity contribution in [2.24, 2.45) is 0 Å². The number of aryl methyl sites for hydroxylation is 1. The number of nitrogens with one attached hydrogen (secondary N) is 1. The van der Waals surface area contributed by atoms with Gasteiger partial charge in [-0.1, -0.05) is 54.6 Å². The summed E-state index contributed by atoms with van der Waals surface area (Å²) < 4.78 is 18.9. The quantitative estimate of drug-likeness (QED) is 0.283. The second-order valence-corrected chi connectivity index (χ2v) is 9.54. The van der Waals surface area contributed by atoms with Crippen LogP contribution in [0.1, 0.15) is 49.9 Å². The fraction of sp³-hybridized carbons (Fsp3) is 0.370. The van der Waals surface area contributed by atoms with Crippen LogP contribution in [0, 0.1) is 6.92 Å². The summed E-state index contributed by atoms with van der Waals surface area (Å²) in [7, 11) is 1.38. The van der Waals surface area contributed by atoms with Crippen LogP contribution in [-0.2, 0) is 16.1 Å². The van der Waals surface area contributed by atoms with Crippen LogP contribution in [0.2, 0.25) is 0 Å². The van der Waals surface area contributed by atoms with Gasteiger partial charge in [-0.2, -0.15) is 4.98 Å². The van der Waals surface area contributed by atoms with Crippen LogP contribution in [-0.4, -0.2) is 40.2 Å².